The van der Waals surface area contributed by atoms with E-state index in [-0.39, 0.29) is 17.0 Å². The Kier molecular flexibility index (Phi) is 6.84. The molecule has 2 heterocycles. The third-order valence-electron chi connectivity index (χ3n) is 5.34. The van der Waals surface area contributed by atoms with Crippen molar-refractivity contribution in [1.82, 2.24) is 9.13 Å². The van der Waals surface area contributed by atoms with Gasteiger partial charge >= 0.3 is 5.69 Å². The first-order valence-electron chi connectivity index (χ1n) is 10.3. The van der Waals surface area contributed by atoms with E-state index >= 15 is 0 Å². The molecule has 6 nitrogen and oxygen atoms in total. The van der Waals surface area contributed by atoms with Gasteiger partial charge in [0.25, 0.3) is 5.56 Å². The van der Waals surface area contributed by atoms with Gasteiger partial charge in [0.2, 0.25) is 0 Å². The van der Waals surface area contributed by atoms with E-state index in [9.17, 15) is 18.0 Å². The van der Waals surface area contributed by atoms with E-state index in [4.69, 9.17) is 0 Å². The Bertz CT molecular complexity index is 1670. The highest BCUT2D eigenvalue weighted by Gasteiger charge is 2.15. The molecule has 34 heavy (non-hydrogen) atoms. The van der Waals surface area contributed by atoms with Gasteiger partial charge in [0.15, 0.2) is 9.84 Å². The van der Waals surface area contributed by atoms with Crippen LogP contribution in [0.15, 0.2) is 74.0 Å². The Labute approximate surface area is 205 Å². The van der Waals surface area contributed by atoms with Crippen LogP contribution in [0, 0.1) is 11.8 Å². The van der Waals surface area contributed by atoms with Crippen LogP contribution in [0.1, 0.15) is 16.0 Å². The van der Waals surface area contributed by atoms with Gasteiger partial charge in [-0.2, -0.15) is 0 Å². The fourth-order valence-corrected chi connectivity index (χ4v) is 5.62. The van der Waals surface area contributed by atoms with Crippen LogP contribution < -0.4 is 11.2 Å². The Morgan fingerprint density at radius 2 is 1.76 bits per heavy atom. The van der Waals surface area contributed by atoms with Crippen molar-refractivity contribution < 1.29 is 8.42 Å². The topological polar surface area (TPSA) is 78.1 Å². The minimum absolute atomic E-state index is 0.0497. The van der Waals surface area contributed by atoms with E-state index in [1.54, 1.807) is 37.0 Å². The Morgan fingerprint density at radius 3 is 2.44 bits per heavy atom. The number of thiophene rings is 1. The summed E-state index contributed by atoms with van der Waals surface area (Å²) in [5, 5.41) is 0.438. The van der Waals surface area contributed by atoms with Crippen molar-refractivity contribution in [2.45, 2.75) is 22.8 Å². The number of sulfone groups is 1. The SMILES string of the molecule is CSc1cccc(CC#Cc2cc3c(=O)n(Cc4ccc(S(C)(=O)=O)cc4)c(=O)n(C)c3s2)c1. The normalized spacial score (nSPS) is 11.4. The average molecular weight is 511 g/mol. The number of benzene rings is 2. The zero-order valence-corrected chi connectivity index (χ0v) is 21.3. The van der Waals surface area contributed by atoms with Gasteiger partial charge in [-0.15, -0.1) is 23.1 Å². The fourth-order valence-electron chi connectivity index (χ4n) is 3.53. The van der Waals surface area contributed by atoms with Crippen molar-refractivity contribution in [1.29, 1.82) is 0 Å². The van der Waals surface area contributed by atoms with E-state index in [1.165, 1.54) is 32.9 Å². The zero-order valence-electron chi connectivity index (χ0n) is 18.9. The summed E-state index contributed by atoms with van der Waals surface area (Å²) < 4.78 is 26.0. The number of nitrogens with zero attached hydrogens (tertiary/aromatic N) is 2. The minimum Gasteiger partial charge on any atom is -0.287 e. The molecule has 0 amide bonds. The maximum Gasteiger partial charge on any atom is 0.332 e. The van der Waals surface area contributed by atoms with Gasteiger partial charge < -0.3 is 0 Å². The number of aryl methyl sites for hydroxylation is 1. The molecule has 0 fully saturated rings. The van der Waals surface area contributed by atoms with Crippen molar-refractivity contribution in [3.8, 4) is 11.8 Å². The van der Waals surface area contributed by atoms with Gasteiger partial charge in [-0.3, -0.25) is 13.9 Å². The molecule has 174 valence electrons. The first-order chi connectivity index (χ1) is 16.2. The van der Waals surface area contributed by atoms with Crippen LogP contribution in [0.4, 0.5) is 0 Å². The summed E-state index contributed by atoms with van der Waals surface area (Å²) in [7, 11) is -1.68. The van der Waals surface area contributed by atoms with E-state index in [0.717, 1.165) is 21.3 Å². The predicted octanol–water partition coefficient (Wildman–Crippen LogP) is 3.53. The van der Waals surface area contributed by atoms with Crippen LogP contribution in [0.25, 0.3) is 10.2 Å². The largest absolute Gasteiger partial charge is 0.332 e. The molecule has 0 aliphatic rings. The summed E-state index contributed by atoms with van der Waals surface area (Å²) in [4.78, 5) is 28.7. The third kappa shape index (κ3) is 5.04. The van der Waals surface area contributed by atoms with Crippen molar-refractivity contribution in [3.05, 3.63) is 91.4 Å². The van der Waals surface area contributed by atoms with E-state index in [0.29, 0.717) is 22.2 Å². The zero-order chi connectivity index (χ0) is 24.5. The van der Waals surface area contributed by atoms with Crippen molar-refractivity contribution in [3.63, 3.8) is 0 Å². The summed E-state index contributed by atoms with van der Waals surface area (Å²) in [5.74, 6) is 6.29. The molecule has 0 atom stereocenters. The second-order valence-electron chi connectivity index (χ2n) is 7.81. The van der Waals surface area contributed by atoms with E-state index < -0.39 is 15.5 Å². The molecule has 0 saturated carbocycles. The quantitative estimate of drug-likeness (QED) is 0.303. The van der Waals surface area contributed by atoms with Gasteiger partial charge in [-0.25, -0.2) is 13.2 Å². The molecular formula is C25H22N2O4S3. The minimum atomic E-state index is -3.32. The average Bonchev–Trinajstić information content (AvgIpc) is 3.25. The number of fused-ring (bicyclic) bond motifs is 1. The second-order valence-corrected chi connectivity index (χ2v) is 11.7. The molecule has 0 N–H and O–H groups in total. The molecule has 0 bridgehead atoms. The molecule has 2 aromatic carbocycles. The lowest BCUT2D eigenvalue weighted by molar-refractivity contribution is 0.601. The van der Waals surface area contributed by atoms with Gasteiger partial charge in [-0.1, -0.05) is 36.1 Å². The summed E-state index contributed by atoms with van der Waals surface area (Å²) in [6, 6.07) is 16.1. The number of hydrogen-bond acceptors (Lipinski definition) is 6. The molecule has 0 spiro atoms. The van der Waals surface area contributed by atoms with E-state index in [1.807, 2.05) is 18.4 Å². The lowest BCUT2D eigenvalue weighted by Gasteiger charge is -2.09. The van der Waals surface area contributed by atoms with Crippen LogP contribution in [0.3, 0.4) is 0 Å². The second kappa shape index (κ2) is 9.66. The summed E-state index contributed by atoms with van der Waals surface area (Å²) in [6.45, 7) is 0.0497. The Hall–Kier alpha value is -3.06. The molecule has 9 heteroatoms. The summed E-state index contributed by atoms with van der Waals surface area (Å²) in [6.07, 6.45) is 3.76. The Morgan fingerprint density at radius 1 is 1.03 bits per heavy atom. The van der Waals surface area contributed by atoms with Crippen molar-refractivity contribution >= 4 is 43.2 Å². The van der Waals surface area contributed by atoms with Gasteiger partial charge in [0, 0.05) is 24.6 Å². The monoisotopic (exact) mass is 510 g/mol. The predicted molar refractivity (Wildman–Crippen MR) is 139 cm³/mol. The molecule has 0 unspecified atom stereocenters. The Balaban J connectivity index is 1.65. The lowest BCUT2D eigenvalue weighted by atomic mass is 10.1. The van der Waals surface area contributed by atoms with Crippen LogP contribution in [0.5, 0.6) is 0 Å². The molecule has 0 radical (unpaired) electrons. The molecule has 0 aliphatic carbocycles. The number of hydrogen-bond donors (Lipinski definition) is 0. The number of rotatable bonds is 5. The molecule has 0 saturated heterocycles. The number of thioether (sulfide) groups is 1. The van der Waals surface area contributed by atoms with Gasteiger partial charge in [0.05, 0.1) is 21.7 Å². The molecule has 0 aliphatic heterocycles. The third-order valence-corrected chi connectivity index (χ3v) is 8.32. The fraction of sp³-hybridized carbons (Fsp3) is 0.200. The lowest BCUT2D eigenvalue weighted by Crippen LogP contribution is -2.38. The molecule has 2 aromatic heterocycles. The maximum atomic E-state index is 13.1. The molecule has 4 aromatic rings. The van der Waals surface area contributed by atoms with Crippen molar-refractivity contribution in [2.75, 3.05) is 12.5 Å². The van der Waals surface area contributed by atoms with Gasteiger partial charge in [0.1, 0.15) is 4.83 Å². The maximum absolute atomic E-state index is 13.1. The first kappa shape index (κ1) is 24.1. The van der Waals surface area contributed by atoms with Crippen LogP contribution in [0.2, 0.25) is 0 Å². The number of aromatic nitrogens is 2. The van der Waals surface area contributed by atoms with Gasteiger partial charge in [-0.05, 0) is 47.7 Å². The van der Waals surface area contributed by atoms with Crippen LogP contribution >= 0.6 is 23.1 Å². The molecule has 4 rings (SSSR count). The van der Waals surface area contributed by atoms with Crippen molar-refractivity contribution in [2.24, 2.45) is 7.05 Å². The molecular weight excluding hydrogens is 488 g/mol. The first-order valence-corrected chi connectivity index (χ1v) is 14.2. The standard InChI is InChI=1S/C25H22N2O4S3/c1-26-24-22(15-20(33-24)9-5-7-17-6-4-8-19(14-17)32-2)23(28)27(25(26)29)16-18-10-12-21(13-11-18)34(3,30)31/h4,6,8,10-15H,7,16H2,1-3H3. The summed E-state index contributed by atoms with van der Waals surface area (Å²) in [5.41, 5.74) is 0.966. The highest BCUT2D eigenvalue weighted by molar-refractivity contribution is 7.98. The van der Waals surface area contributed by atoms with E-state index in [2.05, 4.69) is 24.0 Å². The highest BCUT2D eigenvalue weighted by atomic mass is 32.2. The highest BCUT2D eigenvalue weighted by Crippen LogP contribution is 2.21. The van der Waals surface area contributed by atoms with Crippen LogP contribution in [-0.4, -0.2) is 30.1 Å². The summed E-state index contributed by atoms with van der Waals surface area (Å²) >= 11 is 3.00. The van der Waals surface area contributed by atoms with Crippen LogP contribution in [-0.2, 0) is 29.9 Å². The smallest absolute Gasteiger partial charge is 0.287 e.